The van der Waals surface area contributed by atoms with Gasteiger partial charge in [-0.25, -0.2) is 9.98 Å². The summed E-state index contributed by atoms with van der Waals surface area (Å²) in [7, 11) is 2.16. The van der Waals surface area contributed by atoms with Crippen LogP contribution in [0.1, 0.15) is 18.1 Å². The zero-order chi connectivity index (χ0) is 20.5. The summed E-state index contributed by atoms with van der Waals surface area (Å²) in [4.78, 5) is 14.0. The highest BCUT2D eigenvalue weighted by molar-refractivity contribution is 14.0. The van der Waals surface area contributed by atoms with Crippen molar-refractivity contribution in [2.75, 3.05) is 51.2 Å². The van der Waals surface area contributed by atoms with Crippen LogP contribution in [-0.2, 0) is 13.0 Å². The highest BCUT2D eigenvalue weighted by Gasteiger charge is 2.15. The number of pyridine rings is 1. The van der Waals surface area contributed by atoms with E-state index in [2.05, 4.69) is 51.5 Å². The van der Waals surface area contributed by atoms with Crippen molar-refractivity contribution >= 4 is 47.4 Å². The Morgan fingerprint density at radius 1 is 1.13 bits per heavy atom. The summed E-state index contributed by atoms with van der Waals surface area (Å²) in [6.07, 6.45) is 2.74. The van der Waals surface area contributed by atoms with Gasteiger partial charge in [-0.05, 0) is 49.7 Å². The van der Waals surface area contributed by atoms with Crippen LogP contribution in [0.5, 0.6) is 0 Å². The molecule has 0 radical (unpaired) electrons. The molecule has 1 aliphatic rings. The Labute approximate surface area is 202 Å². The molecule has 0 amide bonds. The molecule has 0 aliphatic carbocycles. The Kier molecular flexibility index (Phi) is 10.7. The summed E-state index contributed by atoms with van der Waals surface area (Å²) in [5.41, 5.74) is 2.31. The van der Waals surface area contributed by atoms with Crippen molar-refractivity contribution in [1.82, 2.24) is 20.5 Å². The predicted molar refractivity (Wildman–Crippen MR) is 137 cm³/mol. The summed E-state index contributed by atoms with van der Waals surface area (Å²) in [6.45, 7) is 8.46. The number of hydrogen-bond donors (Lipinski definition) is 2. The number of aliphatic imine (C=N–C) groups is 1. The van der Waals surface area contributed by atoms with Crippen LogP contribution >= 0.6 is 35.6 Å². The smallest absolute Gasteiger partial charge is 0.191 e. The third kappa shape index (κ3) is 7.59. The number of halogens is 2. The molecular formula is C22H32ClIN6. The summed E-state index contributed by atoms with van der Waals surface area (Å²) in [5, 5.41) is 7.52. The Morgan fingerprint density at radius 2 is 1.90 bits per heavy atom. The highest BCUT2D eigenvalue weighted by Crippen LogP contribution is 2.16. The molecule has 0 unspecified atom stereocenters. The zero-order valence-corrected chi connectivity index (χ0v) is 20.9. The van der Waals surface area contributed by atoms with E-state index in [1.54, 1.807) is 0 Å². The second-order valence-corrected chi connectivity index (χ2v) is 7.68. The quantitative estimate of drug-likeness (QED) is 0.319. The number of likely N-dealkylation sites (N-methyl/N-ethyl adjacent to an activating group) is 1. The summed E-state index contributed by atoms with van der Waals surface area (Å²) >= 11 is 6.24. The van der Waals surface area contributed by atoms with Crippen molar-refractivity contribution < 1.29 is 0 Å². The minimum atomic E-state index is 0. The molecule has 1 fully saturated rings. The predicted octanol–water partition coefficient (Wildman–Crippen LogP) is 3.40. The minimum absolute atomic E-state index is 0. The first-order chi connectivity index (χ1) is 14.2. The first-order valence-corrected chi connectivity index (χ1v) is 10.7. The van der Waals surface area contributed by atoms with Gasteiger partial charge in [0, 0.05) is 50.5 Å². The van der Waals surface area contributed by atoms with Crippen molar-refractivity contribution in [2.24, 2.45) is 4.99 Å². The Balaban J connectivity index is 0.00000320. The fraction of sp³-hybridized carbons (Fsp3) is 0.455. The molecule has 2 N–H and O–H groups in total. The minimum Gasteiger partial charge on any atom is -0.357 e. The maximum Gasteiger partial charge on any atom is 0.191 e. The van der Waals surface area contributed by atoms with Crippen LogP contribution in [-0.4, -0.2) is 62.2 Å². The van der Waals surface area contributed by atoms with Crippen molar-refractivity contribution in [3.05, 3.63) is 58.7 Å². The van der Waals surface area contributed by atoms with Crippen LogP contribution in [0.2, 0.25) is 5.02 Å². The number of nitrogens with one attached hydrogen (secondary N) is 2. The van der Waals surface area contributed by atoms with Gasteiger partial charge in [0.15, 0.2) is 5.96 Å². The normalized spacial score (nSPS) is 14.9. The molecule has 1 aromatic heterocycles. The van der Waals surface area contributed by atoms with Gasteiger partial charge in [0.2, 0.25) is 0 Å². The molecule has 30 heavy (non-hydrogen) atoms. The van der Waals surface area contributed by atoms with Crippen molar-refractivity contribution in [2.45, 2.75) is 19.9 Å². The maximum absolute atomic E-state index is 6.24. The first-order valence-electron chi connectivity index (χ1n) is 10.3. The van der Waals surface area contributed by atoms with E-state index in [-0.39, 0.29) is 24.0 Å². The van der Waals surface area contributed by atoms with E-state index >= 15 is 0 Å². The second-order valence-electron chi connectivity index (χ2n) is 7.28. The van der Waals surface area contributed by atoms with Crippen molar-refractivity contribution in [3.63, 3.8) is 0 Å². The highest BCUT2D eigenvalue weighted by atomic mass is 127. The van der Waals surface area contributed by atoms with E-state index in [1.807, 2.05) is 30.5 Å². The lowest BCUT2D eigenvalue weighted by Crippen LogP contribution is -2.44. The third-order valence-electron chi connectivity index (χ3n) is 5.05. The Morgan fingerprint density at radius 3 is 2.63 bits per heavy atom. The third-order valence-corrected chi connectivity index (χ3v) is 5.41. The number of nitrogens with zero attached hydrogens (tertiary/aromatic N) is 4. The number of aromatic nitrogens is 1. The summed E-state index contributed by atoms with van der Waals surface area (Å²) < 4.78 is 0. The van der Waals surface area contributed by atoms with E-state index in [0.717, 1.165) is 73.6 Å². The molecule has 0 atom stereocenters. The van der Waals surface area contributed by atoms with Gasteiger partial charge in [-0.15, -0.1) is 24.0 Å². The van der Waals surface area contributed by atoms with Crippen molar-refractivity contribution in [1.29, 1.82) is 0 Å². The molecule has 1 aliphatic heterocycles. The molecule has 164 valence electrons. The molecule has 0 saturated carbocycles. The van der Waals surface area contributed by atoms with Gasteiger partial charge in [-0.3, -0.25) is 0 Å². The van der Waals surface area contributed by atoms with Gasteiger partial charge in [-0.1, -0.05) is 29.8 Å². The van der Waals surface area contributed by atoms with Gasteiger partial charge in [0.05, 0.1) is 6.54 Å². The molecule has 2 heterocycles. The molecule has 0 spiro atoms. The topological polar surface area (TPSA) is 55.8 Å². The molecule has 1 aromatic carbocycles. The van der Waals surface area contributed by atoms with E-state index in [0.29, 0.717) is 6.54 Å². The number of piperazine rings is 1. The molecular weight excluding hydrogens is 511 g/mol. The van der Waals surface area contributed by atoms with Gasteiger partial charge in [0.25, 0.3) is 0 Å². The Bertz CT molecular complexity index is 808. The lowest BCUT2D eigenvalue weighted by Gasteiger charge is -2.33. The first kappa shape index (κ1) is 24.7. The summed E-state index contributed by atoms with van der Waals surface area (Å²) in [6, 6.07) is 12.2. The van der Waals surface area contributed by atoms with Gasteiger partial charge in [0.1, 0.15) is 5.82 Å². The number of anilines is 1. The number of guanidine groups is 1. The average molecular weight is 543 g/mol. The molecule has 2 aromatic rings. The Hall–Kier alpha value is -1.58. The number of rotatable bonds is 7. The van der Waals surface area contributed by atoms with E-state index in [4.69, 9.17) is 16.6 Å². The van der Waals surface area contributed by atoms with Crippen LogP contribution in [0.4, 0.5) is 5.82 Å². The molecule has 8 heteroatoms. The lowest BCUT2D eigenvalue weighted by molar-refractivity contribution is 0.312. The number of benzene rings is 1. The largest absolute Gasteiger partial charge is 0.357 e. The lowest BCUT2D eigenvalue weighted by atomic mass is 10.1. The fourth-order valence-electron chi connectivity index (χ4n) is 3.30. The van der Waals surface area contributed by atoms with Crippen LogP contribution in [0.3, 0.4) is 0 Å². The molecule has 0 bridgehead atoms. The van der Waals surface area contributed by atoms with Crippen LogP contribution < -0.4 is 15.5 Å². The molecule has 6 nitrogen and oxygen atoms in total. The van der Waals surface area contributed by atoms with Gasteiger partial charge >= 0.3 is 0 Å². The molecule has 1 saturated heterocycles. The SMILES string of the molecule is CCNC(=NCc1ccnc(N2CCN(C)CC2)c1)NCCc1ccccc1Cl.I. The number of hydrogen-bond acceptors (Lipinski definition) is 4. The summed E-state index contributed by atoms with van der Waals surface area (Å²) in [5.74, 6) is 1.86. The van der Waals surface area contributed by atoms with E-state index < -0.39 is 0 Å². The zero-order valence-electron chi connectivity index (χ0n) is 17.8. The van der Waals surface area contributed by atoms with Gasteiger partial charge < -0.3 is 20.4 Å². The monoisotopic (exact) mass is 542 g/mol. The fourth-order valence-corrected chi connectivity index (χ4v) is 3.53. The van der Waals surface area contributed by atoms with Crippen LogP contribution in [0.15, 0.2) is 47.6 Å². The van der Waals surface area contributed by atoms with E-state index in [1.165, 1.54) is 0 Å². The van der Waals surface area contributed by atoms with Crippen LogP contribution in [0.25, 0.3) is 0 Å². The van der Waals surface area contributed by atoms with Gasteiger partial charge in [-0.2, -0.15) is 0 Å². The second kappa shape index (κ2) is 13.0. The molecule has 3 rings (SSSR count). The van der Waals surface area contributed by atoms with E-state index in [9.17, 15) is 0 Å². The van der Waals surface area contributed by atoms with Crippen LogP contribution in [0, 0.1) is 0 Å². The van der Waals surface area contributed by atoms with Crippen molar-refractivity contribution in [3.8, 4) is 0 Å². The standard InChI is InChI=1S/C22H31ClN6.HI/c1-3-24-22(26-11-9-19-6-4-5-7-20(19)23)27-17-18-8-10-25-21(16-18)29-14-12-28(2)13-15-29;/h4-8,10,16H,3,9,11-15,17H2,1-2H3,(H2,24,26,27);1H. The maximum atomic E-state index is 6.24. The average Bonchev–Trinajstić information content (AvgIpc) is 2.74.